The van der Waals surface area contributed by atoms with Gasteiger partial charge in [0.2, 0.25) is 0 Å². The minimum atomic E-state index is -0.872. The van der Waals surface area contributed by atoms with E-state index in [2.05, 4.69) is 11.4 Å². The van der Waals surface area contributed by atoms with Crippen molar-refractivity contribution in [3.8, 4) is 6.07 Å². The highest BCUT2D eigenvalue weighted by Crippen LogP contribution is 2.39. The van der Waals surface area contributed by atoms with Crippen LogP contribution < -0.4 is 5.32 Å². The molecule has 0 spiro atoms. The van der Waals surface area contributed by atoms with Crippen LogP contribution in [-0.4, -0.2) is 30.3 Å². The minimum absolute atomic E-state index is 0.191. The van der Waals surface area contributed by atoms with E-state index in [1.54, 1.807) is 30.8 Å². The second-order valence-electron chi connectivity index (χ2n) is 5.44. The average molecular weight is 318 g/mol. The first-order valence-electron chi connectivity index (χ1n) is 7.02. The predicted molar refractivity (Wildman–Crippen MR) is 83.4 cm³/mol. The second-order valence-corrected chi connectivity index (χ2v) is 6.32. The molecule has 6 heteroatoms. The molecule has 1 amide bonds. The summed E-state index contributed by atoms with van der Waals surface area (Å²) >= 11 is 1.58. The van der Waals surface area contributed by atoms with Crippen LogP contribution in [0.3, 0.4) is 0 Å². The number of carbonyl (C=O) groups excluding carboxylic acids is 2. The van der Waals surface area contributed by atoms with E-state index in [4.69, 9.17) is 4.74 Å². The number of amides is 1. The monoisotopic (exact) mass is 318 g/mol. The smallest absolute Gasteiger partial charge is 0.338 e. The van der Waals surface area contributed by atoms with Crippen molar-refractivity contribution in [2.75, 3.05) is 12.9 Å². The Kier molecular flexibility index (Phi) is 5.09. The molecule has 1 aromatic carbocycles. The van der Waals surface area contributed by atoms with Crippen molar-refractivity contribution in [3.63, 3.8) is 0 Å². The van der Waals surface area contributed by atoms with Crippen LogP contribution in [0, 0.1) is 17.2 Å². The van der Waals surface area contributed by atoms with Crippen LogP contribution in [0.4, 0.5) is 0 Å². The number of hydrogen-bond acceptors (Lipinski definition) is 5. The van der Waals surface area contributed by atoms with E-state index < -0.39 is 17.4 Å². The third-order valence-corrected chi connectivity index (χ3v) is 4.43. The molecular weight excluding hydrogens is 300 g/mol. The van der Waals surface area contributed by atoms with Gasteiger partial charge in [-0.2, -0.15) is 5.26 Å². The number of nitriles is 1. The predicted octanol–water partition coefficient (Wildman–Crippen LogP) is 2.37. The molecule has 0 aliphatic heterocycles. The Bertz CT molecular complexity index is 605. The van der Waals surface area contributed by atoms with Crippen molar-refractivity contribution in [3.05, 3.63) is 29.8 Å². The SMILES string of the molecule is CSc1ccc(C(=O)OCC(=O)N[C@@](C)(C#N)C2CC2)cc1. The molecule has 1 N–H and O–H groups in total. The van der Waals surface area contributed by atoms with Gasteiger partial charge in [0, 0.05) is 4.90 Å². The van der Waals surface area contributed by atoms with Gasteiger partial charge in [-0.25, -0.2) is 4.79 Å². The van der Waals surface area contributed by atoms with Gasteiger partial charge in [0.25, 0.3) is 5.91 Å². The fraction of sp³-hybridized carbons (Fsp3) is 0.438. The van der Waals surface area contributed by atoms with E-state index >= 15 is 0 Å². The van der Waals surface area contributed by atoms with E-state index in [1.165, 1.54) is 0 Å². The molecule has 1 aliphatic carbocycles. The van der Waals surface area contributed by atoms with E-state index in [0.717, 1.165) is 17.7 Å². The number of carbonyl (C=O) groups is 2. The lowest BCUT2D eigenvalue weighted by Crippen LogP contribution is -2.48. The van der Waals surface area contributed by atoms with Crippen LogP contribution in [0.15, 0.2) is 29.2 Å². The zero-order chi connectivity index (χ0) is 16.2. The van der Waals surface area contributed by atoms with Gasteiger partial charge in [-0.1, -0.05) is 0 Å². The normalized spacial score (nSPS) is 16.2. The van der Waals surface area contributed by atoms with Gasteiger partial charge in [-0.15, -0.1) is 11.8 Å². The molecule has 0 heterocycles. The maximum absolute atomic E-state index is 11.9. The summed E-state index contributed by atoms with van der Waals surface area (Å²) in [6, 6.07) is 9.09. The summed E-state index contributed by atoms with van der Waals surface area (Å²) < 4.78 is 4.99. The van der Waals surface area contributed by atoms with Crippen molar-refractivity contribution in [2.24, 2.45) is 5.92 Å². The van der Waals surface area contributed by atoms with Crippen LogP contribution in [-0.2, 0) is 9.53 Å². The second kappa shape index (κ2) is 6.84. The molecule has 5 nitrogen and oxygen atoms in total. The first-order chi connectivity index (χ1) is 10.5. The molecule has 1 aromatic rings. The summed E-state index contributed by atoms with van der Waals surface area (Å²) in [7, 11) is 0. The molecule has 0 saturated heterocycles. The topological polar surface area (TPSA) is 79.2 Å². The Labute approximate surface area is 134 Å². The van der Waals surface area contributed by atoms with Gasteiger partial charge < -0.3 is 10.1 Å². The van der Waals surface area contributed by atoms with Crippen molar-refractivity contribution in [1.29, 1.82) is 5.26 Å². The Morgan fingerprint density at radius 3 is 2.55 bits per heavy atom. The Hall–Kier alpha value is -2.00. The van der Waals surface area contributed by atoms with Gasteiger partial charge in [-0.3, -0.25) is 4.79 Å². The summed E-state index contributed by atoms with van der Waals surface area (Å²) in [5.41, 5.74) is -0.473. The lowest BCUT2D eigenvalue weighted by molar-refractivity contribution is -0.125. The van der Waals surface area contributed by atoms with Gasteiger partial charge >= 0.3 is 5.97 Å². The fourth-order valence-electron chi connectivity index (χ4n) is 2.15. The van der Waals surface area contributed by atoms with Gasteiger partial charge in [0.15, 0.2) is 6.61 Å². The molecule has 1 fully saturated rings. The summed E-state index contributed by atoms with van der Waals surface area (Å²) in [6.45, 7) is 1.32. The highest BCUT2D eigenvalue weighted by Gasteiger charge is 2.43. The lowest BCUT2D eigenvalue weighted by atomic mass is 9.98. The van der Waals surface area contributed by atoms with Crippen LogP contribution in [0.5, 0.6) is 0 Å². The molecule has 0 unspecified atom stereocenters. The van der Waals surface area contributed by atoms with E-state index in [0.29, 0.717) is 5.56 Å². The molecule has 22 heavy (non-hydrogen) atoms. The number of thioether (sulfide) groups is 1. The number of hydrogen-bond donors (Lipinski definition) is 1. The minimum Gasteiger partial charge on any atom is -0.452 e. The van der Waals surface area contributed by atoms with Gasteiger partial charge in [0.05, 0.1) is 11.6 Å². The van der Waals surface area contributed by atoms with Crippen LogP contribution in [0.1, 0.15) is 30.1 Å². The average Bonchev–Trinajstić information content (AvgIpc) is 3.38. The standard InChI is InChI=1S/C16H18N2O3S/c1-16(10-17,12-5-6-12)18-14(19)9-21-15(20)11-3-7-13(22-2)8-4-11/h3-4,7-8,12H,5-6,9H2,1-2H3,(H,18,19)/t16-/m0/s1. The molecule has 0 bridgehead atoms. The van der Waals surface area contributed by atoms with Gasteiger partial charge in [-0.05, 0) is 56.2 Å². The molecule has 1 aliphatic rings. The van der Waals surface area contributed by atoms with Gasteiger partial charge in [0.1, 0.15) is 5.54 Å². The van der Waals surface area contributed by atoms with E-state index in [-0.39, 0.29) is 12.5 Å². The first kappa shape index (κ1) is 16.4. The number of benzene rings is 1. The highest BCUT2D eigenvalue weighted by atomic mass is 32.2. The first-order valence-corrected chi connectivity index (χ1v) is 8.24. The molecule has 2 rings (SSSR count). The number of ether oxygens (including phenoxy) is 1. The molecule has 1 atom stereocenters. The fourth-order valence-corrected chi connectivity index (χ4v) is 2.56. The molecule has 1 saturated carbocycles. The Morgan fingerprint density at radius 2 is 2.05 bits per heavy atom. The van der Waals surface area contributed by atoms with E-state index in [1.807, 2.05) is 18.4 Å². The largest absolute Gasteiger partial charge is 0.452 e. The molecule has 116 valence electrons. The highest BCUT2D eigenvalue weighted by molar-refractivity contribution is 7.98. The third kappa shape index (κ3) is 4.01. The van der Waals surface area contributed by atoms with Crippen LogP contribution in [0.2, 0.25) is 0 Å². The number of nitrogens with one attached hydrogen (secondary N) is 1. The Morgan fingerprint density at radius 1 is 1.41 bits per heavy atom. The summed E-state index contributed by atoms with van der Waals surface area (Å²) in [4.78, 5) is 24.7. The van der Waals surface area contributed by atoms with Crippen LogP contribution in [0.25, 0.3) is 0 Å². The number of nitrogens with zero attached hydrogens (tertiary/aromatic N) is 1. The summed E-state index contributed by atoms with van der Waals surface area (Å²) in [6.07, 6.45) is 3.82. The zero-order valence-electron chi connectivity index (χ0n) is 12.6. The molecule has 0 aromatic heterocycles. The van der Waals surface area contributed by atoms with Crippen molar-refractivity contribution in [2.45, 2.75) is 30.2 Å². The number of rotatable bonds is 6. The van der Waals surface area contributed by atoms with Crippen molar-refractivity contribution >= 4 is 23.6 Å². The quantitative estimate of drug-likeness (QED) is 0.643. The van der Waals surface area contributed by atoms with E-state index in [9.17, 15) is 14.9 Å². The van der Waals surface area contributed by atoms with Crippen molar-refractivity contribution in [1.82, 2.24) is 5.32 Å². The summed E-state index contributed by atoms with van der Waals surface area (Å²) in [5, 5.41) is 11.8. The lowest BCUT2D eigenvalue weighted by Gasteiger charge is -2.22. The zero-order valence-corrected chi connectivity index (χ0v) is 13.4. The Balaban J connectivity index is 1.85. The molecule has 0 radical (unpaired) electrons. The third-order valence-electron chi connectivity index (χ3n) is 3.69. The number of esters is 1. The molecular formula is C16H18N2O3S. The van der Waals surface area contributed by atoms with Crippen molar-refractivity contribution < 1.29 is 14.3 Å². The maximum atomic E-state index is 11.9. The maximum Gasteiger partial charge on any atom is 0.338 e. The van der Waals surface area contributed by atoms with Crippen LogP contribution >= 0.6 is 11.8 Å². The summed E-state index contributed by atoms with van der Waals surface area (Å²) in [5.74, 6) is -0.811.